The fourth-order valence-electron chi connectivity index (χ4n) is 2.36. The maximum absolute atomic E-state index is 2.39. The molecular formula is C17H40N2+2. The van der Waals surface area contributed by atoms with Crippen LogP contribution in [0.2, 0.25) is 0 Å². The fraction of sp³-hybridized carbons (Fsp3) is 1.00. The summed E-state index contributed by atoms with van der Waals surface area (Å²) in [5.41, 5.74) is 0. The summed E-state index contributed by atoms with van der Waals surface area (Å²) in [6.07, 6.45) is 11.4. The molecule has 0 aliphatic rings. The number of likely N-dealkylation sites (N-methyl/N-ethyl adjacent to an activating group) is 2. The highest BCUT2D eigenvalue weighted by atomic mass is 15.4. The van der Waals surface area contributed by atoms with Gasteiger partial charge in [-0.2, -0.15) is 0 Å². The van der Waals surface area contributed by atoms with E-state index in [1.165, 1.54) is 75.5 Å². The molecule has 0 rings (SSSR count). The van der Waals surface area contributed by atoms with E-state index in [1.54, 1.807) is 0 Å². The lowest BCUT2D eigenvalue weighted by Gasteiger charge is -2.33. The van der Waals surface area contributed by atoms with E-state index in [2.05, 4.69) is 42.2 Å². The summed E-state index contributed by atoms with van der Waals surface area (Å²) >= 11 is 0. The second-order valence-corrected chi connectivity index (χ2v) is 7.87. The summed E-state index contributed by atoms with van der Waals surface area (Å²) in [6, 6.07) is 0. The minimum atomic E-state index is 1.08. The Morgan fingerprint density at radius 1 is 0.526 bits per heavy atom. The number of hydrogen-bond donors (Lipinski definition) is 0. The lowest BCUT2D eigenvalue weighted by Crippen LogP contribution is -2.49. The Morgan fingerprint density at radius 2 is 1.00 bits per heavy atom. The minimum Gasteiger partial charge on any atom is -0.326 e. The van der Waals surface area contributed by atoms with Crippen molar-refractivity contribution in [3.05, 3.63) is 0 Å². The van der Waals surface area contributed by atoms with Crippen LogP contribution in [-0.4, -0.2) is 63.8 Å². The number of hydrogen-bond acceptors (Lipinski definition) is 0. The SMILES string of the molecule is CCCCCCCCCC[N+](C)(C)CC[N+](C)(C)C. The zero-order valence-corrected chi connectivity index (χ0v) is 14.7. The van der Waals surface area contributed by atoms with Crippen LogP contribution in [0.25, 0.3) is 0 Å². The molecular weight excluding hydrogens is 232 g/mol. The molecule has 0 aliphatic carbocycles. The van der Waals surface area contributed by atoms with Gasteiger partial charge in [-0.15, -0.1) is 0 Å². The van der Waals surface area contributed by atoms with E-state index in [9.17, 15) is 0 Å². The van der Waals surface area contributed by atoms with Gasteiger partial charge in [0.15, 0.2) is 0 Å². The van der Waals surface area contributed by atoms with E-state index >= 15 is 0 Å². The lowest BCUT2D eigenvalue weighted by molar-refractivity contribution is -0.937. The highest BCUT2D eigenvalue weighted by molar-refractivity contribution is 4.46. The average Bonchev–Trinajstić information content (AvgIpc) is 2.29. The second kappa shape index (κ2) is 9.77. The third-order valence-corrected chi connectivity index (χ3v) is 3.99. The van der Waals surface area contributed by atoms with E-state index in [-0.39, 0.29) is 0 Å². The van der Waals surface area contributed by atoms with Crippen LogP contribution in [-0.2, 0) is 0 Å². The number of unbranched alkanes of at least 4 members (excludes halogenated alkanes) is 7. The molecule has 2 heteroatoms. The standard InChI is InChI=1S/C17H40N2/c1-7-8-9-10-11-12-13-14-15-19(5,6)17-16-18(2,3)4/h7-17H2,1-6H3/q+2. The third-order valence-electron chi connectivity index (χ3n) is 3.99. The first-order valence-corrected chi connectivity index (χ1v) is 8.39. The van der Waals surface area contributed by atoms with Crippen molar-refractivity contribution in [3.63, 3.8) is 0 Å². The fourth-order valence-corrected chi connectivity index (χ4v) is 2.36. The van der Waals surface area contributed by atoms with Gasteiger partial charge in [0.2, 0.25) is 0 Å². The molecule has 0 atom stereocenters. The Kier molecular flexibility index (Phi) is 9.72. The predicted molar refractivity (Wildman–Crippen MR) is 87.4 cm³/mol. The molecule has 116 valence electrons. The van der Waals surface area contributed by atoms with E-state index in [4.69, 9.17) is 0 Å². The summed E-state index contributed by atoms with van der Waals surface area (Å²) in [5.74, 6) is 0. The molecule has 0 aromatic rings. The first-order valence-electron chi connectivity index (χ1n) is 8.39. The molecule has 2 nitrogen and oxygen atoms in total. The van der Waals surface area contributed by atoms with Crippen molar-refractivity contribution in [1.82, 2.24) is 0 Å². The predicted octanol–water partition coefficient (Wildman–Crippen LogP) is 3.91. The van der Waals surface area contributed by atoms with Crippen molar-refractivity contribution in [3.8, 4) is 0 Å². The summed E-state index contributed by atoms with van der Waals surface area (Å²) in [4.78, 5) is 0. The lowest BCUT2D eigenvalue weighted by atomic mass is 10.1. The molecule has 0 N–H and O–H groups in total. The van der Waals surface area contributed by atoms with Crippen LogP contribution in [0.3, 0.4) is 0 Å². The van der Waals surface area contributed by atoms with Gasteiger partial charge in [-0.05, 0) is 12.8 Å². The smallest absolute Gasteiger partial charge is 0.128 e. The van der Waals surface area contributed by atoms with E-state index in [1.807, 2.05) is 0 Å². The molecule has 19 heavy (non-hydrogen) atoms. The van der Waals surface area contributed by atoms with Crippen LogP contribution in [0.15, 0.2) is 0 Å². The largest absolute Gasteiger partial charge is 0.326 e. The van der Waals surface area contributed by atoms with Gasteiger partial charge in [0.1, 0.15) is 13.1 Å². The normalized spacial score (nSPS) is 12.9. The van der Waals surface area contributed by atoms with Gasteiger partial charge in [-0.3, -0.25) is 0 Å². The topological polar surface area (TPSA) is 0 Å². The zero-order chi connectivity index (χ0) is 14.8. The molecule has 0 heterocycles. The van der Waals surface area contributed by atoms with Gasteiger partial charge in [0.05, 0.1) is 41.8 Å². The maximum Gasteiger partial charge on any atom is 0.128 e. The Labute approximate surface area is 123 Å². The van der Waals surface area contributed by atoms with Crippen LogP contribution in [0.5, 0.6) is 0 Å². The maximum atomic E-state index is 2.39. The van der Waals surface area contributed by atoms with Gasteiger partial charge in [-0.1, -0.05) is 45.4 Å². The molecule has 0 saturated carbocycles. The van der Waals surface area contributed by atoms with Crippen molar-refractivity contribution in [2.45, 2.75) is 58.3 Å². The summed E-state index contributed by atoms with van der Waals surface area (Å²) in [6.45, 7) is 6.19. The van der Waals surface area contributed by atoms with Crippen LogP contribution in [0, 0.1) is 0 Å². The molecule has 0 fully saturated rings. The average molecular weight is 273 g/mol. The zero-order valence-electron chi connectivity index (χ0n) is 14.7. The number of rotatable bonds is 12. The van der Waals surface area contributed by atoms with Gasteiger partial charge < -0.3 is 8.97 Å². The monoisotopic (exact) mass is 272 g/mol. The first kappa shape index (κ1) is 18.9. The molecule has 0 aromatic carbocycles. The van der Waals surface area contributed by atoms with E-state index in [0.717, 1.165) is 4.48 Å². The van der Waals surface area contributed by atoms with Crippen LogP contribution >= 0.6 is 0 Å². The van der Waals surface area contributed by atoms with Gasteiger partial charge in [0, 0.05) is 0 Å². The molecule has 0 spiro atoms. The highest BCUT2D eigenvalue weighted by Crippen LogP contribution is 2.10. The van der Waals surface area contributed by atoms with Crippen LogP contribution in [0.1, 0.15) is 58.3 Å². The Hall–Kier alpha value is -0.0800. The van der Waals surface area contributed by atoms with Crippen molar-refractivity contribution in [2.75, 3.05) is 54.9 Å². The summed E-state index contributed by atoms with van der Waals surface area (Å²) in [5, 5.41) is 0. The van der Waals surface area contributed by atoms with Crippen LogP contribution < -0.4 is 0 Å². The molecule has 0 unspecified atom stereocenters. The summed E-state index contributed by atoms with van der Waals surface area (Å²) in [7, 11) is 11.6. The Bertz CT molecular complexity index is 204. The minimum absolute atomic E-state index is 1.08. The Morgan fingerprint density at radius 3 is 1.47 bits per heavy atom. The van der Waals surface area contributed by atoms with Gasteiger partial charge in [0.25, 0.3) is 0 Å². The third kappa shape index (κ3) is 14.1. The quantitative estimate of drug-likeness (QED) is 0.373. The molecule has 0 bridgehead atoms. The number of nitrogens with zero attached hydrogens (tertiary/aromatic N) is 2. The molecule has 0 aliphatic heterocycles. The van der Waals surface area contributed by atoms with Gasteiger partial charge >= 0.3 is 0 Å². The van der Waals surface area contributed by atoms with E-state index < -0.39 is 0 Å². The highest BCUT2D eigenvalue weighted by Gasteiger charge is 2.18. The molecule has 0 amide bonds. The van der Waals surface area contributed by atoms with Crippen molar-refractivity contribution < 1.29 is 8.97 Å². The molecule has 0 aromatic heterocycles. The Balaban J connectivity index is 3.48. The van der Waals surface area contributed by atoms with Gasteiger partial charge in [-0.25, -0.2) is 0 Å². The van der Waals surface area contributed by atoms with Crippen molar-refractivity contribution >= 4 is 0 Å². The van der Waals surface area contributed by atoms with Crippen molar-refractivity contribution in [1.29, 1.82) is 0 Å². The second-order valence-electron chi connectivity index (χ2n) is 7.87. The number of quaternary nitrogens is 2. The van der Waals surface area contributed by atoms with Crippen LogP contribution in [0.4, 0.5) is 0 Å². The summed E-state index contributed by atoms with van der Waals surface area (Å²) < 4.78 is 2.27. The molecule has 0 radical (unpaired) electrons. The first-order chi connectivity index (χ1) is 8.77. The van der Waals surface area contributed by atoms with E-state index in [0.29, 0.717) is 0 Å². The van der Waals surface area contributed by atoms with Crippen molar-refractivity contribution in [2.24, 2.45) is 0 Å². The molecule has 0 saturated heterocycles.